The number of benzene rings is 1. The molecule has 8 heteroatoms. The number of carbonyl (C=O) groups is 2. The lowest BCUT2D eigenvalue weighted by molar-refractivity contribution is -0.124. The van der Waals surface area contributed by atoms with Gasteiger partial charge >= 0.3 is 0 Å². The van der Waals surface area contributed by atoms with Crippen molar-refractivity contribution in [2.75, 3.05) is 11.1 Å². The summed E-state index contributed by atoms with van der Waals surface area (Å²) in [6, 6.07) is 3.78. The van der Waals surface area contributed by atoms with Crippen LogP contribution in [0.25, 0.3) is 0 Å². The second kappa shape index (κ2) is 6.91. The minimum absolute atomic E-state index is 0.0697. The lowest BCUT2D eigenvalue weighted by Gasteiger charge is -2.10. The first-order valence-corrected chi connectivity index (χ1v) is 8.73. The van der Waals surface area contributed by atoms with Gasteiger partial charge in [0.05, 0.1) is 17.5 Å². The van der Waals surface area contributed by atoms with E-state index < -0.39 is 33.5 Å². The summed E-state index contributed by atoms with van der Waals surface area (Å²) in [5.74, 6) is -1.63. The summed E-state index contributed by atoms with van der Waals surface area (Å²) in [5.41, 5.74) is 0.869. The van der Waals surface area contributed by atoms with Crippen LogP contribution in [-0.2, 0) is 19.4 Å². The number of hydrogen-bond donors (Lipinski definition) is 2. The number of halogens is 1. The predicted octanol–water partition coefficient (Wildman–Crippen LogP) is 1.28. The van der Waals surface area contributed by atoms with Crippen LogP contribution < -0.4 is 10.6 Å². The number of amides is 2. The van der Waals surface area contributed by atoms with Gasteiger partial charge in [0.2, 0.25) is 11.8 Å². The van der Waals surface area contributed by atoms with Crippen LogP contribution in [0.3, 0.4) is 0 Å². The molecule has 0 aromatic heterocycles. The molecule has 6 nitrogen and oxygen atoms in total. The van der Waals surface area contributed by atoms with Crippen LogP contribution in [0.15, 0.2) is 29.7 Å². The van der Waals surface area contributed by atoms with E-state index >= 15 is 0 Å². The van der Waals surface area contributed by atoms with Gasteiger partial charge in [0.15, 0.2) is 9.84 Å². The fourth-order valence-corrected chi connectivity index (χ4v) is 3.35. The van der Waals surface area contributed by atoms with E-state index in [2.05, 4.69) is 10.6 Å². The van der Waals surface area contributed by atoms with Gasteiger partial charge in [0.1, 0.15) is 5.82 Å². The highest BCUT2D eigenvalue weighted by Gasteiger charge is 2.23. The molecule has 0 saturated heterocycles. The van der Waals surface area contributed by atoms with Gasteiger partial charge in [-0.25, -0.2) is 12.8 Å². The Morgan fingerprint density at radius 1 is 1.26 bits per heavy atom. The summed E-state index contributed by atoms with van der Waals surface area (Å²) in [6.07, 6.45) is 1.17. The zero-order valence-corrected chi connectivity index (χ0v) is 13.3. The van der Waals surface area contributed by atoms with Crippen molar-refractivity contribution >= 4 is 27.3 Å². The van der Waals surface area contributed by atoms with E-state index in [1.165, 1.54) is 18.2 Å². The number of hydrogen-bond acceptors (Lipinski definition) is 4. The van der Waals surface area contributed by atoms with Crippen LogP contribution in [0.5, 0.6) is 0 Å². The Bertz CT molecular complexity index is 759. The van der Waals surface area contributed by atoms with Crippen molar-refractivity contribution in [3.63, 3.8) is 0 Å². The second-order valence-electron chi connectivity index (χ2n) is 5.36. The first-order chi connectivity index (χ1) is 10.7. The fraction of sp³-hybridized carbons (Fsp3) is 0.333. The molecule has 1 heterocycles. The topological polar surface area (TPSA) is 92.3 Å². The molecule has 0 spiro atoms. The zero-order chi connectivity index (χ0) is 17.0. The van der Waals surface area contributed by atoms with Crippen molar-refractivity contribution < 1.29 is 22.4 Å². The SMILES string of the molecule is Cc1ccc(F)c(NC(=O)CCC(=O)N[C@@H]2C=CS(=O)(=O)C2)c1. The monoisotopic (exact) mass is 340 g/mol. The molecular weight excluding hydrogens is 323 g/mol. The van der Waals surface area contributed by atoms with Crippen LogP contribution >= 0.6 is 0 Å². The molecule has 124 valence electrons. The number of sulfone groups is 1. The van der Waals surface area contributed by atoms with E-state index in [-0.39, 0.29) is 24.3 Å². The van der Waals surface area contributed by atoms with Crippen LogP contribution in [0.1, 0.15) is 18.4 Å². The second-order valence-corrected chi connectivity index (χ2v) is 7.29. The Balaban J connectivity index is 1.79. The minimum Gasteiger partial charge on any atom is -0.349 e. The highest BCUT2D eigenvalue weighted by molar-refractivity contribution is 7.94. The fourth-order valence-electron chi connectivity index (χ4n) is 2.12. The maximum Gasteiger partial charge on any atom is 0.224 e. The average molecular weight is 340 g/mol. The van der Waals surface area contributed by atoms with Gasteiger partial charge < -0.3 is 10.6 Å². The van der Waals surface area contributed by atoms with Crippen LogP contribution in [0.2, 0.25) is 0 Å². The Kier molecular flexibility index (Phi) is 5.15. The minimum atomic E-state index is -3.24. The molecule has 2 amide bonds. The number of aryl methyl sites for hydroxylation is 1. The smallest absolute Gasteiger partial charge is 0.224 e. The van der Waals surface area contributed by atoms with E-state index in [4.69, 9.17) is 0 Å². The Morgan fingerprint density at radius 3 is 2.61 bits per heavy atom. The summed E-state index contributed by atoms with van der Waals surface area (Å²) in [7, 11) is -3.24. The maximum absolute atomic E-state index is 13.5. The molecule has 0 bridgehead atoms. The lowest BCUT2D eigenvalue weighted by Crippen LogP contribution is -2.35. The van der Waals surface area contributed by atoms with E-state index in [1.807, 2.05) is 0 Å². The molecule has 1 aromatic rings. The molecule has 0 unspecified atom stereocenters. The number of anilines is 1. The highest BCUT2D eigenvalue weighted by atomic mass is 32.2. The summed E-state index contributed by atoms with van der Waals surface area (Å²) < 4.78 is 35.9. The molecule has 1 aliphatic heterocycles. The summed E-state index contributed by atoms with van der Waals surface area (Å²) in [4.78, 5) is 23.4. The molecule has 2 N–H and O–H groups in total. The largest absolute Gasteiger partial charge is 0.349 e. The van der Waals surface area contributed by atoms with Crippen molar-refractivity contribution in [1.29, 1.82) is 0 Å². The molecule has 1 atom stereocenters. The van der Waals surface area contributed by atoms with Crippen molar-refractivity contribution in [2.24, 2.45) is 0 Å². The predicted molar refractivity (Wildman–Crippen MR) is 83.9 cm³/mol. The van der Waals surface area contributed by atoms with E-state index in [9.17, 15) is 22.4 Å². The number of nitrogens with one attached hydrogen (secondary N) is 2. The Hall–Kier alpha value is -2.22. The molecule has 0 aliphatic carbocycles. The Morgan fingerprint density at radius 2 is 1.96 bits per heavy atom. The average Bonchev–Trinajstić information content (AvgIpc) is 2.79. The molecular formula is C15H17FN2O4S. The number of rotatable bonds is 5. The van der Waals surface area contributed by atoms with E-state index in [0.29, 0.717) is 0 Å². The summed E-state index contributed by atoms with van der Waals surface area (Å²) in [5, 5.41) is 5.99. The maximum atomic E-state index is 13.5. The molecule has 23 heavy (non-hydrogen) atoms. The van der Waals surface area contributed by atoms with Gasteiger partial charge in [0.25, 0.3) is 0 Å². The van der Waals surface area contributed by atoms with Crippen molar-refractivity contribution in [1.82, 2.24) is 5.32 Å². The van der Waals surface area contributed by atoms with Gasteiger partial charge in [-0.05, 0) is 30.7 Å². The van der Waals surface area contributed by atoms with Crippen LogP contribution in [0.4, 0.5) is 10.1 Å². The third-order valence-electron chi connectivity index (χ3n) is 3.25. The number of carbonyl (C=O) groups excluding carboxylic acids is 2. The van der Waals surface area contributed by atoms with Crippen molar-refractivity contribution in [2.45, 2.75) is 25.8 Å². The first kappa shape index (κ1) is 17.1. The van der Waals surface area contributed by atoms with Crippen molar-refractivity contribution in [3.05, 3.63) is 41.1 Å². The van der Waals surface area contributed by atoms with E-state index in [1.54, 1.807) is 13.0 Å². The molecule has 0 fully saturated rings. The first-order valence-electron chi connectivity index (χ1n) is 7.01. The van der Waals surface area contributed by atoms with Gasteiger partial charge in [-0.15, -0.1) is 0 Å². The summed E-state index contributed by atoms with van der Waals surface area (Å²) in [6.45, 7) is 1.77. The van der Waals surface area contributed by atoms with E-state index in [0.717, 1.165) is 11.0 Å². The van der Waals surface area contributed by atoms with Crippen LogP contribution in [0, 0.1) is 12.7 Å². The molecule has 2 rings (SSSR count). The van der Waals surface area contributed by atoms with Crippen LogP contribution in [-0.4, -0.2) is 32.0 Å². The van der Waals surface area contributed by atoms with Gasteiger partial charge in [-0.3, -0.25) is 9.59 Å². The van der Waals surface area contributed by atoms with Gasteiger partial charge in [-0.2, -0.15) is 0 Å². The Labute approximate surface area is 133 Å². The molecule has 1 aliphatic rings. The third kappa shape index (κ3) is 5.17. The van der Waals surface area contributed by atoms with Gasteiger partial charge in [0, 0.05) is 18.2 Å². The normalized spacial score (nSPS) is 18.6. The summed E-state index contributed by atoms with van der Waals surface area (Å²) >= 11 is 0. The lowest BCUT2D eigenvalue weighted by atomic mass is 10.2. The van der Waals surface area contributed by atoms with Gasteiger partial charge in [-0.1, -0.05) is 6.07 Å². The van der Waals surface area contributed by atoms with Crippen molar-refractivity contribution in [3.8, 4) is 0 Å². The molecule has 0 saturated carbocycles. The zero-order valence-electron chi connectivity index (χ0n) is 12.5. The molecule has 0 radical (unpaired) electrons. The quantitative estimate of drug-likeness (QED) is 0.844. The third-order valence-corrected chi connectivity index (χ3v) is 4.65. The standard InChI is InChI=1S/C15H17FN2O4S/c1-10-2-3-12(16)13(8-10)18-15(20)5-4-14(19)17-11-6-7-23(21,22)9-11/h2-3,6-8,11H,4-5,9H2,1H3,(H,17,19)(H,18,20)/t11-/m1/s1. The molecule has 1 aromatic carbocycles. The highest BCUT2D eigenvalue weighted by Crippen LogP contribution is 2.16.